The largest absolute Gasteiger partial charge is 0.695 e. The van der Waals surface area contributed by atoms with Gasteiger partial charge in [0.2, 0.25) is 0 Å². The van der Waals surface area contributed by atoms with Crippen LogP contribution in [0.2, 0.25) is 0 Å². The van der Waals surface area contributed by atoms with Crippen molar-refractivity contribution in [2.75, 3.05) is 5.73 Å². The van der Waals surface area contributed by atoms with Crippen LogP contribution in [0.1, 0.15) is 13.2 Å². The molecule has 1 aromatic heterocycles. The van der Waals surface area contributed by atoms with Crippen LogP contribution in [0, 0.1) is 0 Å². The van der Waals surface area contributed by atoms with Crippen LogP contribution in [-0.4, -0.2) is 44.0 Å². The number of nitrogens with two attached hydrogens (primary N) is 1. The third kappa shape index (κ3) is 3.25. The number of ether oxygens (including phenoxy) is 1. The molecule has 4 N–H and O–H groups in total. The van der Waals surface area contributed by atoms with Crippen LogP contribution < -0.4 is 11.4 Å². The number of hydrogen-bond donors (Lipinski definition) is 3. The Morgan fingerprint density at radius 3 is 2.86 bits per heavy atom. The van der Waals surface area contributed by atoms with Gasteiger partial charge in [0, 0.05) is 10.8 Å². The molecule has 2 rings (SSSR count). The van der Waals surface area contributed by atoms with Gasteiger partial charge in [0.1, 0.15) is 11.9 Å². The van der Waals surface area contributed by atoms with E-state index in [1.54, 1.807) is 0 Å². The van der Waals surface area contributed by atoms with E-state index in [0.29, 0.717) is 0 Å². The molecule has 11 heteroatoms. The van der Waals surface area contributed by atoms with Crippen molar-refractivity contribution in [3.8, 4) is 0 Å². The van der Waals surface area contributed by atoms with Gasteiger partial charge in [-0.1, -0.05) is 0 Å². The first kappa shape index (κ1) is 15.9. The van der Waals surface area contributed by atoms with Gasteiger partial charge < -0.3 is 15.6 Å². The minimum absolute atomic E-state index is 0.0389. The number of nitrogen functional groups attached to an aromatic ring is 1. The monoisotopic (exact) mass is 322 g/mol. The third-order valence-corrected chi connectivity index (χ3v) is 3.44. The maximum absolute atomic E-state index is 14.4. The van der Waals surface area contributed by atoms with Crippen LogP contribution in [0.3, 0.4) is 0 Å². The molecule has 2 heterocycles. The summed E-state index contributed by atoms with van der Waals surface area (Å²) in [5, 5.41) is 9.56. The van der Waals surface area contributed by atoms with E-state index in [4.69, 9.17) is 15.4 Å². The number of rotatable bonds is 4. The molecule has 21 heavy (non-hydrogen) atoms. The minimum atomic E-state index is -3.09. The Kier molecular flexibility index (Phi) is 4.64. The highest BCUT2D eigenvalue weighted by Crippen LogP contribution is 2.38. The maximum atomic E-state index is 14.4. The van der Waals surface area contributed by atoms with Gasteiger partial charge >= 0.3 is 13.9 Å². The standard InChI is InChI=1S/C10H13FN3O6P/c1-4(15)7-8(20-21(17)18)6(11)9(19-7)14-3-2-5(12)13-10(14)16/h2-4,6-9,15H,1H3,(H2-,12,13,16,17,18)/p+1/t4-,6?,7?,8?,9?/m1/s1. The second-order valence-electron chi connectivity index (χ2n) is 4.53. The van der Waals surface area contributed by atoms with Crippen molar-refractivity contribution in [1.29, 1.82) is 0 Å². The van der Waals surface area contributed by atoms with Crippen LogP contribution in [0.4, 0.5) is 10.2 Å². The number of halogens is 1. The van der Waals surface area contributed by atoms with Gasteiger partial charge in [0.05, 0.1) is 6.10 Å². The number of aromatic nitrogens is 2. The Labute approximate surface area is 119 Å². The number of aliphatic hydroxyl groups excluding tert-OH is 1. The minimum Gasteiger partial charge on any atom is -0.391 e. The SMILES string of the molecule is C[C@@H](O)C1OC(n2ccc(N)nc2=O)C(F)C1O[P+](=O)O. The van der Waals surface area contributed by atoms with Crippen molar-refractivity contribution in [3.63, 3.8) is 0 Å². The van der Waals surface area contributed by atoms with Crippen molar-refractivity contribution in [1.82, 2.24) is 9.55 Å². The lowest BCUT2D eigenvalue weighted by Gasteiger charge is -2.17. The average molecular weight is 322 g/mol. The highest BCUT2D eigenvalue weighted by molar-refractivity contribution is 7.32. The third-order valence-electron chi connectivity index (χ3n) is 3.02. The lowest BCUT2D eigenvalue weighted by molar-refractivity contribution is -0.0756. The van der Waals surface area contributed by atoms with Crippen molar-refractivity contribution in [2.24, 2.45) is 0 Å². The summed E-state index contributed by atoms with van der Waals surface area (Å²) in [6.07, 6.45) is -6.08. The van der Waals surface area contributed by atoms with Gasteiger partial charge in [0.15, 0.2) is 18.5 Å². The number of aliphatic hydroxyl groups is 1. The topological polar surface area (TPSA) is 137 Å². The molecule has 1 aromatic rings. The molecule has 116 valence electrons. The molecule has 0 spiro atoms. The van der Waals surface area contributed by atoms with E-state index in [0.717, 1.165) is 4.57 Å². The summed E-state index contributed by atoms with van der Waals surface area (Å²) in [6.45, 7) is 1.31. The van der Waals surface area contributed by atoms with E-state index in [2.05, 4.69) is 9.51 Å². The molecule has 0 aromatic carbocycles. The smallest absolute Gasteiger partial charge is 0.391 e. The molecular weight excluding hydrogens is 308 g/mol. The lowest BCUT2D eigenvalue weighted by Crippen LogP contribution is -2.37. The van der Waals surface area contributed by atoms with Crippen molar-refractivity contribution in [3.05, 3.63) is 22.7 Å². The summed E-state index contributed by atoms with van der Waals surface area (Å²) < 4.78 is 35.8. The predicted octanol–water partition coefficient (Wildman–Crippen LogP) is -0.523. The summed E-state index contributed by atoms with van der Waals surface area (Å²) in [7, 11) is -3.09. The zero-order valence-corrected chi connectivity index (χ0v) is 11.8. The number of nitrogens with zero attached hydrogens (tertiary/aromatic N) is 2. The van der Waals surface area contributed by atoms with Crippen LogP contribution in [0.5, 0.6) is 0 Å². The summed E-state index contributed by atoms with van der Waals surface area (Å²) in [5.41, 5.74) is 4.49. The fourth-order valence-corrected chi connectivity index (χ4v) is 2.55. The normalized spacial score (nSPS) is 31.1. The van der Waals surface area contributed by atoms with E-state index >= 15 is 0 Å². The van der Waals surface area contributed by atoms with Crippen molar-refractivity contribution >= 4 is 14.1 Å². The first-order valence-corrected chi connectivity index (χ1v) is 7.09. The number of alkyl halides is 1. The van der Waals surface area contributed by atoms with Crippen molar-refractivity contribution < 1.29 is 28.2 Å². The molecule has 0 aliphatic carbocycles. The van der Waals surface area contributed by atoms with E-state index < -0.39 is 44.7 Å². The molecule has 9 nitrogen and oxygen atoms in total. The van der Waals surface area contributed by atoms with E-state index in [1.165, 1.54) is 19.2 Å². The van der Waals surface area contributed by atoms with Crippen LogP contribution >= 0.6 is 8.25 Å². The zero-order chi connectivity index (χ0) is 15.7. The van der Waals surface area contributed by atoms with Gasteiger partial charge in [-0.05, 0) is 13.0 Å². The van der Waals surface area contributed by atoms with Gasteiger partial charge in [-0.15, -0.1) is 9.42 Å². The molecule has 0 bridgehead atoms. The summed E-state index contributed by atoms with van der Waals surface area (Å²) in [6, 6.07) is 1.27. The molecule has 1 fully saturated rings. The van der Waals surface area contributed by atoms with Gasteiger partial charge in [-0.25, -0.2) is 9.18 Å². The Balaban J connectivity index is 2.33. The second kappa shape index (κ2) is 6.12. The second-order valence-corrected chi connectivity index (χ2v) is 5.21. The Hall–Kier alpha value is -1.45. The highest BCUT2D eigenvalue weighted by Gasteiger charge is 2.53. The van der Waals surface area contributed by atoms with Gasteiger partial charge in [0.25, 0.3) is 0 Å². The van der Waals surface area contributed by atoms with Crippen molar-refractivity contribution in [2.45, 2.75) is 37.6 Å². The summed E-state index contributed by atoms with van der Waals surface area (Å²) >= 11 is 0. The molecule has 0 radical (unpaired) electrons. The first-order valence-electron chi connectivity index (χ1n) is 5.96. The van der Waals surface area contributed by atoms with Crippen LogP contribution in [-0.2, 0) is 13.8 Å². The van der Waals surface area contributed by atoms with Crippen LogP contribution in [0.15, 0.2) is 17.1 Å². The molecule has 0 amide bonds. The summed E-state index contributed by atoms with van der Waals surface area (Å²) in [5.74, 6) is -0.0389. The first-order chi connectivity index (χ1) is 9.81. The molecule has 0 saturated carbocycles. The number of hydrogen-bond acceptors (Lipinski definition) is 7. The average Bonchev–Trinajstić information content (AvgIpc) is 2.67. The van der Waals surface area contributed by atoms with E-state index in [-0.39, 0.29) is 5.82 Å². The van der Waals surface area contributed by atoms with E-state index in [9.17, 15) is 18.9 Å². The summed E-state index contributed by atoms with van der Waals surface area (Å²) in [4.78, 5) is 23.9. The molecule has 1 aliphatic rings. The Morgan fingerprint density at radius 1 is 1.67 bits per heavy atom. The molecule has 5 unspecified atom stereocenters. The maximum Gasteiger partial charge on any atom is 0.695 e. The quantitative estimate of drug-likeness (QED) is 0.630. The Morgan fingerprint density at radius 2 is 2.33 bits per heavy atom. The molecule has 6 atom stereocenters. The lowest BCUT2D eigenvalue weighted by atomic mass is 10.1. The molecule has 1 aliphatic heterocycles. The predicted molar refractivity (Wildman–Crippen MR) is 68.1 cm³/mol. The Bertz CT molecular complexity index is 596. The fraction of sp³-hybridized carbons (Fsp3) is 0.600. The van der Waals surface area contributed by atoms with Gasteiger partial charge in [-0.3, -0.25) is 4.57 Å². The molecular formula is C10H14FN3O6P+. The van der Waals surface area contributed by atoms with Gasteiger partial charge in [-0.2, -0.15) is 4.98 Å². The van der Waals surface area contributed by atoms with Crippen LogP contribution in [0.25, 0.3) is 0 Å². The molecule has 1 saturated heterocycles. The fourth-order valence-electron chi connectivity index (χ4n) is 2.11. The number of anilines is 1. The highest BCUT2D eigenvalue weighted by atomic mass is 31.1. The zero-order valence-electron chi connectivity index (χ0n) is 10.9. The van der Waals surface area contributed by atoms with E-state index in [1.807, 2.05) is 0 Å².